The third-order valence-electron chi connectivity index (χ3n) is 3.73. The Morgan fingerprint density at radius 1 is 1.26 bits per heavy atom. The van der Waals surface area contributed by atoms with Gasteiger partial charge in [0.25, 0.3) is 5.91 Å². The van der Waals surface area contributed by atoms with Gasteiger partial charge in [-0.15, -0.1) is 0 Å². The Bertz CT molecular complexity index is 1010. The first kappa shape index (κ1) is 18.8. The molecule has 0 spiro atoms. The van der Waals surface area contributed by atoms with Crippen molar-refractivity contribution in [1.29, 1.82) is 0 Å². The third-order valence-corrected chi connectivity index (χ3v) is 5.31. The van der Waals surface area contributed by atoms with E-state index in [0.29, 0.717) is 17.1 Å². The molecule has 0 aliphatic carbocycles. The smallest absolute Gasteiger partial charge is 0.262 e. The van der Waals surface area contributed by atoms with Crippen LogP contribution in [-0.2, 0) is 19.6 Å². The van der Waals surface area contributed by atoms with Crippen LogP contribution >= 0.6 is 0 Å². The lowest BCUT2D eigenvalue weighted by atomic mass is 10.2. The van der Waals surface area contributed by atoms with E-state index in [0.717, 1.165) is 12.1 Å². The first-order valence-corrected chi connectivity index (χ1v) is 9.39. The van der Waals surface area contributed by atoms with Crippen molar-refractivity contribution in [2.75, 3.05) is 17.2 Å². The van der Waals surface area contributed by atoms with Gasteiger partial charge in [0.05, 0.1) is 11.7 Å². The second kappa shape index (κ2) is 7.33. The van der Waals surface area contributed by atoms with Crippen LogP contribution in [0, 0.1) is 5.82 Å². The molecule has 8 nitrogen and oxygen atoms in total. The predicted molar refractivity (Wildman–Crippen MR) is 95.4 cm³/mol. The molecule has 2 amide bonds. The summed E-state index contributed by atoms with van der Waals surface area (Å²) in [4.78, 5) is 23.1. The van der Waals surface area contributed by atoms with Crippen LogP contribution in [0.15, 0.2) is 47.4 Å². The highest BCUT2D eigenvalue weighted by Crippen LogP contribution is 2.30. The molecule has 2 aromatic carbocycles. The number of hydrogen-bond acceptors (Lipinski definition) is 5. The van der Waals surface area contributed by atoms with Gasteiger partial charge in [-0.25, -0.2) is 12.8 Å². The number of halogens is 1. The van der Waals surface area contributed by atoms with Crippen molar-refractivity contribution in [2.24, 2.45) is 0 Å². The molecule has 10 heteroatoms. The minimum atomic E-state index is -4.21. The molecule has 0 radical (unpaired) electrons. The van der Waals surface area contributed by atoms with Crippen LogP contribution in [0.3, 0.4) is 0 Å². The van der Waals surface area contributed by atoms with Crippen LogP contribution < -0.4 is 20.1 Å². The van der Waals surface area contributed by atoms with Crippen molar-refractivity contribution in [3.63, 3.8) is 0 Å². The Kier molecular flexibility index (Phi) is 5.10. The number of carbonyl (C=O) groups is 2. The summed E-state index contributed by atoms with van der Waals surface area (Å²) in [5.41, 5.74) is 0.727. The van der Waals surface area contributed by atoms with Crippen molar-refractivity contribution in [1.82, 2.24) is 4.72 Å². The van der Waals surface area contributed by atoms with Gasteiger partial charge >= 0.3 is 0 Å². The van der Waals surface area contributed by atoms with E-state index in [1.165, 1.54) is 25.1 Å². The molecule has 3 N–H and O–H groups in total. The van der Waals surface area contributed by atoms with E-state index >= 15 is 0 Å². The molecule has 3 rings (SSSR count). The molecule has 2 aromatic rings. The Balaban J connectivity index is 1.70. The number of nitrogens with one attached hydrogen (secondary N) is 3. The summed E-state index contributed by atoms with van der Waals surface area (Å²) in [5.74, 6) is -1.43. The zero-order valence-corrected chi connectivity index (χ0v) is 15.0. The fourth-order valence-electron chi connectivity index (χ4n) is 2.42. The normalized spacial score (nSPS) is 14.5. The first-order chi connectivity index (χ1) is 12.8. The lowest BCUT2D eigenvalue weighted by Crippen LogP contribution is -2.41. The Hall–Kier alpha value is -2.98. The van der Waals surface area contributed by atoms with Gasteiger partial charge in [-0.05, 0) is 37.3 Å². The monoisotopic (exact) mass is 393 g/mol. The van der Waals surface area contributed by atoms with Crippen molar-refractivity contribution in [3.8, 4) is 5.75 Å². The number of anilines is 2. The number of rotatable bonds is 5. The van der Waals surface area contributed by atoms with Gasteiger partial charge in [-0.3, -0.25) is 9.59 Å². The molecule has 1 heterocycles. The van der Waals surface area contributed by atoms with Gasteiger partial charge in [-0.1, -0.05) is 12.1 Å². The van der Waals surface area contributed by atoms with E-state index in [9.17, 15) is 22.4 Å². The summed E-state index contributed by atoms with van der Waals surface area (Å²) in [6.45, 7) is 1.24. The highest BCUT2D eigenvalue weighted by atomic mass is 32.2. The summed E-state index contributed by atoms with van der Waals surface area (Å²) in [6, 6.07) is 8.30. The molecule has 0 saturated carbocycles. The molecule has 1 atom stereocenters. The number of hydrogen-bond donors (Lipinski definition) is 3. The molecule has 1 aliphatic heterocycles. The second-order valence-corrected chi connectivity index (χ2v) is 7.49. The average Bonchev–Trinajstić information content (AvgIpc) is 2.61. The summed E-state index contributed by atoms with van der Waals surface area (Å²) in [5, 5.41) is 5.13. The van der Waals surface area contributed by atoms with Gasteiger partial charge < -0.3 is 15.4 Å². The van der Waals surface area contributed by atoms with Crippen LogP contribution in [0.25, 0.3) is 0 Å². The maximum absolute atomic E-state index is 13.7. The van der Waals surface area contributed by atoms with Crippen LogP contribution in [-0.4, -0.2) is 32.9 Å². The van der Waals surface area contributed by atoms with E-state index in [2.05, 4.69) is 15.4 Å². The Morgan fingerprint density at radius 3 is 2.74 bits per heavy atom. The largest absolute Gasteiger partial charge is 0.482 e. The zero-order chi connectivity index (χ0) is 19.6. The Labute approximate surface area is 154 Å². The van der Waals surface area contributed by atoms with Gasteiger partial charge in [-0.2, -0.15) is 4.72 Å². The molecule has 0 bridgehead atoms. The standard InChI is InChI=1S/C17H16FN3O5S/c1-10(21-27(24,25)15-5-3-2-4-12(15)18)17(23)19-11-6-7-14-13(8-11)20-16(22)9-26-14/h2-8,10,21H,9H2,1H3,(H,19,23)(H,20,22). The van der Waals surface area contributed by atoms with Crippen LogP contribution in [0.1, 0.15) is 6.92 Å². The van der Waals surface area contributed by atoms with E-state index in [1.54, 1.807) is 12.1 Å². The topological polar surface area (TPSA) is 114 Å². The van der Waals surface area contributed by atoms with Gasteiger partial charge in [0.1, 0.15) is 16.5 Å². The lowest BCUT2D eigenvalue weighted by Gasteiger charge is -2.19. The first-order valence-electron chi connectivity index (χ1n) is 7.91. The lowest BCUT2D eigenvalue weighted by molar-refractivity contribution is -0.118. The molecular formula is C17H16FN3O5S. The summed E-state index contributed by atoms with van der Waals surface area (Å²) in [6.07, 6.45) is 0. The van der Waals surface area contributed by atoms with Crippen LogP contribution in [0.2, 0.25) is 0 Å². The highest BCUT2D eigenvalue weighted by molar-refractivity contribution is 7.89. The van der Waals surface area contributed by atoms with E-state index in [1.807, 2.05) is 0 Å². The fraction of sp³-hybridized carbons (Fsp3) is 0.176. The zero-order valence-electron chi connectivity index (χ0n) is 14.2. The molecule has 0 aromatic heterocycles. The van der Waals surface area contributed by atoms with Crippen LogP contribution in [0.4, 0.5) is 15.8 Å². The third kappa shape index (κ3) is 4.23. The molecule has 142 valence electrons. The average molecular weight is 393 g/mol. The van der Waals surface area contributed by atoms with Gasteiger partial charge in [0.2, 0.25) is 15.9 Å². The van der Waals surface area contributed by atoms with Crippen molar-refractivity contribution in [2.45, 2.75) is 17.9 Å². The molecule has 0 saturated heterocycles. The minimum Gasteiger partial charge on any atom is -0.482 e. The molecule has 1 aliphatic rings. The summed E-state index contributed by atoms with van der Waals surface area (Å²) < 4.78 is 45.6. The summed E-state index contributed by atoms with van der Waals surface area (Å²) >= 11 is 0. The SMILES string of the molecule is CC(NS(=O)(=O)c1ccccc1F)C(=O)Nc1ccc2c(c1)NC(=O)CO2. The minimum absolute atomic E-state index is 0.0897. The number of sulfonamides is 1. The van der Waals surface area contributed by atoms with Gasteiger partial charge in [0.15, 0.2) is 6.61 Å². The number of fused-ring (bicyclic) bond motifs is 1. The molecular weight excluding hydrogens is 377 g/mol. The summed E-state index contributed by atoms with van der Waals surface area (Å²) in [7, 11) is -4.21. The number of amides is 2. The van der Waals surface area contributed by atoms with Gasteiger partial charge in [0, 0.05) is 5.69 Å². The maximum Gasteiger partial charge on any atom is 0.262 e. The van der Waals surface area contributed by atoms with Crippen molar-refractivity contribution < 1.29 is 27.1 Å². The maximum atomic E-state index is 13.7. The Morgan fingerprint density at radius 2 is 2.00 bits per heavy atom. The molecule has 1 unspecified atom stereocenters. The number of benzene rings is 2. The van der Waals surface area contributed by atoms with E-state index in [-0.39, 0.29) is 12.5 Å². The number of carbonyl (C=O) groups excluding carboxylic acids is 2. The molecule has 27 heavy (non-hydrogen) atoms. The van der Waals surface area contributed by atoms with Crippen molar-refractivity contribution >= 4 is 33.2 Å². The molecule has 0 fully saturated rings. The fourth-order valence-corrected chi connectivity index (χ4v) is 3.71. The van der Waals surface area contributed by atoms with Crippen molar-refractivity contribution in [3.05, 3.63) is 48.3 Å². The second-order valence-electron chi connectivity index (χ2n) is 5.81. The van der Waals surface area contributed by atoms with E-state index in [4.69, 9.17) is 4.74 Å². The van der Waals surface area contributed by atoms with E-state index < -0.39 is 32.7 Å². The quantitative estimate of drug-likeness (QED) is 0.712. The van der Waals surface area contributed by atoms with Crippen LogP contribution in [0.5, 0.6) is 5.75 Å². The predicted octanol–water partition coefficient (Wildman–Crippen LogP) is 1.46. The highest BCUT2D eigenvalue weighted by Gasteiger charge is 2.25. The number of ether oxygens (including phenoxy) is 1.